The molecule has 76 valence electrons. The van der Waals surface area contributed by atoms with Crippen molar-refractivity contribution in [2.24, 2.45) is 0 Å². The van der Waals surface area contributed by atoms with Crippen LogP contribution in [0.4, 0.5) is 10.5 Å². The van der Waals surface area contributed by atoms with Crippen molar-refractivity contribution in [1.82, 2.24) is 0 Å². The SMILES string of the molecule is COc1ccc(CCl)c(NC(=O)O)c1. The third-order valence-corrected chi connectivity index (χ3v) is 1.99. The summed E-state index contributed by atoms with van der Waals surface area (Å²) in [5.41, 5.74) is 1.17. The Bertz CT molecular complexity index is 341. The fourth-order valence-electron chi connectivity index (χ4n) is 1.03. The zero-order valence-corrected chi connectivity index (χ0v) is 8.34. The van der Waals surface area contributed by atoms with Gasteiger partial charge < -0.3 is 9.84 Å². The Hall–Kier alpha value is -1.42. The quantitative estimate of drug-likeness (QED) is 0.762. The molecule has 0 aliphatic heterocycles. The molecule has 14 heavy (non-hydrogen) atoms. The van der Waals surface area contributed by atoms with Crippen LogP contribution < -0.4 is 10.1 Å². The molecule has 0 atom stereocenters. The van der Waals surface area contributed by atoms with E-state index in [0.29, 0.717) is 11.4 Å². The van der Waals surface area contributed by atoms with E-state index in [9.17, 15) is 4.79 Å². The third-order valence-electron chi connectivity index (χ3n) is 1.70. The molecule has 0 radical (unpaired) electrons. The van der Waals surface area contributed by atoms with Crippen molar-refractivity contribution < 1.29 is 14.6 Å². The predicted octanol–water partition coefficient (Wildman–Crippen LogP) is 2.52. The zero-order valence-electron chi connectivity index (χ0n) is 7.58. The molecule has 5 heteroatoms. The number of hydrogen-bond acceptors (Lipinski definition) is 2. The highest BCUT2D eigenvalue weighted by Gasteiger charge is 2.05. The maximum atomic E-state index is 10.4. The van der Waals surface area contributed by atoms with Crippen LogP contribution in [0, 0.1) is 0 Å². The summed E-state index contributed by atoms with van der Waals surface area (Å²) < 4.78 is 4.96. The number of alkyl halides is 1. The lowest BCUT2D eigenvalue weighted by atomic mass is 10.2. The van der Waals surface area contributed by atoms with Crippen LogP contribution in [0.3, 0.4) is 0 Å². The largest absolute Gasteiger partial charge is 0.497 e. The molecular formula is C9H10ClNO3. The molecule has 2 N–H and O–H groups in total. The van der Waals surface area contributed by atoms with Crippen LogP contribution in [0.5, 0.6) is 5.75 Å². The van der Waals surface area contributed by atoms with E-state index in [1.807, 2.05) is 0 Å². The van der Waals surface area contributed by atoms with Gasteiger partial charge in [-0.2, -0.15) is 0 Å². The van der Waals surface area contributed by atoms with Crippen molar-refractivity contribution in [1.29, 1.82) is 0 Å². The number of carbonyl (C=O) groups is 1. The maximum absolute atomic E-state index is 10.4. The molecule has 0 saturated carbocycles. The molecule has 0 unspecified atom stereocenters. The summed E-state index contributed by atoms with van der Waals surface area (Å²) in [4.78, 5) is 10.4. The van der Waals surface area contributed by atoms with Crippen molar-refractivity contribution >= 4 is 23.4 Å². The van der Waals surface area contributed by atoms with Gasteiger partial charge in [-0.15, -0.1) is 11.6 Å². The molecule has 1 amide bonds. The van der Waals surface area contributed by atoms with Crippen molar-refractivity contribution in [2.45, 2.75) is 5.88 Å². The van der Waals surface area contributed by atoms with Crippen LogP contribution >= 0.6 is 11.6 Å². The van der Waals surface area contributed by atoms with Gasteiger partial charge in [0.2, 0.25) is 0 Å². The van der Waals surface area contributed by atoms with E-state index >= 15 is 0 Å². The second kappa shape index (κ2) is 4.72. The molecule has 4 nitrogen and oxygen atoms in total. The fraction of sp³-hybridized carbons (Fsp3) is 0.222. The Morgan fingerprint density at radius 2 is 2.36 bits per heavy atom. The highest BCUT2D eigenvalue weighted by atomic mass is 35.5. The number of methoxy groups -OCH3 is 1. The summed E-state index contributed by atoms with van der Waals surface area (Å²) in [6.07, 6.45) is -1.12. The number of rotatable bonds is 3. The Labute approximate surface area is 86.4 Å². The van der Waals surface area contributed by atoms with Crippen molar-refractivity contribution in [2.75, 3.05) is 12.4 Å². The fourth-order valence-corrected chi connectivity index (χ4v) is 1.26. The van der Waals surface area contributed by atoms with Gasteiger partial charge in [0, 0.05) is 11.9 Å². The summed E-state index contributed by atoms with van der Waals surface area (Å²) in [5, 5.41) is 10.8. The van der Waals surface area contributed by atoms with Crippen LogP contribution in [0.1, 0.15) is 5.56 Å². The lowest BCUT2D eigenvalue weighted by molar-refractivity contribution is 0.209. The molecular weight excluding hydrogens is 206 g/mol. The number of ether oxygens (including phenoxy) is 1. The summed E-state index contributed by atoms with van der Waals surface area (Å²) in [6, 6.07) is 5.04. The minimum absolute atomic E-state index is 0.250. The summed E-state index contributed by atoms with van der Waals surface area (Å²) >= 11 is 5.64. The van der Waals surface area contributed by atoms with Crippen molar-refractivity contribution in [3.05, 3.63) is 23.8 Å². The number of nitrogens with one attached hydrogen (secondary N) is 1. The molecule has 1 aromatic carbocycles. The van der Waals surface area contributed by atoms with Gasteiger partial charge in [-0.05, 0) is 11.6 Å². The Balaban J connectivity index is 3.01. The lowest BCUT2D eigenvalue weighted by Crippen LogP contribution is -2.09. The first kappa shape index (κ1) is 10.7. The minimum Gasteiger partial charge on any atom is -0.497 e. The van der Waals surface area contributed by atoms with Crippen LogP contribution in [0.2, 0.25) is 0 Å². The normalized spacial score (nSPS) is 9.57. The van der Waals surface area contributed by atoms with Gasteiger partial charge in [-0.1, -0.05) is 6.07 Å². The summed E-state index contributed by atoms with van der Waals surface area (Å²) in [6.45, 7) is 0. The Kier molecular flexibility index (Phi) is 3.59. The van der Waals surface area contributed by atoms with Gasteiger partial charge in [0.05, 0.1) is 12.8 Å². The van der Waals surface area contributed by atoms with E-state index < -0.39 is 6.09 Å². The second-order valence-corrected chi connectivity index (χ2v) is 2.85. The molecule has 0 bridgehead atoms. The van der Waals surface area contributed by atoms with Gasteiger partial charge in [-0.25, -0.2) is 4.79 Å². The number of carboxylic acid groups (broad SMARTS) is 1. The van der Waals surface area contributed by atoms with Gasteiger partial charge in [0.25, 0.3) is 0 Å². The highest BCUT2D eigenvalue weighted by molar-refractivity contribution is 6.17. The second-order valence-electron chi connectivity index (χ2n) is 2.59. The predicted molar refractivity (Wildman–Crippen MR) is 54.2 cm³/mol. The molecule has 0 fully saturated rings. The monoisotopic (exact) mass is 215 g/mol. The molecule has 0 aromatic heterocycles. The molecule has 0 spiro atoms. The van der Waals surface area contributed by atoms with Gasteiger partial charge >= 0.3 is 6.09 Å². The van der Waals surface area contributed by atoms with E-state index in [0.717, 1.165) is 5.56 Å². The first-order chi connectivity index (χ1) is 6.67. The van der Waals surface area contributed by atoms with Gasteiger partial charge in [0.1, 0.15) is 5.75 Å². The Morgan fingerprint density at radius 3 is 2.86 bits per heavy atom. The first-order valence-corrected chi connectivity index (χ1v) is 4.43. The van der Waals surface area contributed by atoms with E-state index in [4.69, 9.17) is 21.4 Å². The molecule has 1 aromatic rings. The average molecular weight is 216 g/mol. The molecule has 0 heterocycles. The summed E-state index contributed by atoms with van der Waals surface area (Å²) in [7, 11) is 1.51. The minimum atomic E-state index is -1.12. The number of anilines is 1. The number of hydrogen-bond donors (Lipinski definition) is 2. The van der Waals surface area contributed by atoms with Crippen molar-refractivity contribution in [3.8, 4) is 5.75 Å². The molecule has 0 saturated heterocycles. The molecule has 1 rings (SSSR count). The van der Waals surface area contributed by atoms with Crippen LogP contribution in [0.15, 0.2) is 18.2 Å². The first-order valence-electron chi connectivity index (χ1n) is 3.90. The van der Waals surface area contributed by atoms with Crippen LogP contribution in [-0.4, -0.2) is 18.3 Å². The zero-order chi connectivity index (χ0) is 10.6. The third kappa shape index (κ3) is 2.53. The van der Waals surface area contributed by atoms with E-state index in [2.05, 4.69) is 5.32 Å². The smallest absolute Gasteiger partial charge is 0.409 e. The van der Waals surface area contributed by atoms with E-state index in [-0.39, 0.29) is 5.88 Å². The standard InChI is InChI=1S/C9H10ClNO3/c1-14-7-3-2-6(5-10)8(4-7)11-9(12)13/h2-4,11H,5H2,1H3,(H,12,13). The average Bonchev–Trinajstić information content (AvgIpc) is 2.16. The topological polar surface area (TPSA) is 58.6 Å². The highest BCUT2D eigenvalue weighted by Crippen LogP contribution is 2.23. The number of amides is 1. The van der Waals surface area contributed by atoms with E-state index in [1.165, 1.54) is 7.11 Å². The van der Waals surface area contributed by atoms with Crippen molar-refractivity contribution in [3.63, 3.8) is 0 Å². The van der Waals surface area contributed by atoms with Crippen LogP contribution in [0.25, 0.3) is 0 Å². The molecule has 0 aliphatic carbocycles. The maximum Gasteiger partial charge on any atom is 0.409 e. The van der Waals surface area contributed by atoms with E-state index in [1.54, 1.807) is 18.2 Å². The van der Waals surface area contributed by atoms with Gasteiger partial charge in [-0.3, -0.25) is 5.32 Å². The number of halogens is 1. The van der Waals surface area contributed by atoms with Crippen LogP contribution in [-0.2, 0) is 5.88 Å². The lowest BCUT2D eigenvalue weighted by Gasteiger charge is -2.08. The van der Waals surface area contributed by atoms with Gasteiger partial charge in [0.15, 0.2) is 0 Å². The Morgan fingerprint density at radius 1 is 1.64 bits per heavy atom. The molecule has 0 aliphatic rings. The number of benzene rings is 1. The summed E-state index contributed by atoms with van der Waals surface area (Å²) in [5.74, 6) is 0.835.